The minimum Gasteiger partial charge on any atom is -0.435 e. The van der Waals surface area contributed by atoms with Crippen molar-refractivity contribution in [3.8, 4) is 11.5 Å². The van der Waals surface area contributed by atoms with Crippen molar-refractivity contribution < 1.29 is 31.4 Å². The maximum absolute atomic E-state index is 11.9. The fourth-order valence-corrected chi connectivity index (χ4v) is 1.31. The minimum absolute atomic E-state index is 0.136. The topological polar surface area (TPSA) is 18.5 Å². The molecule has 0 heterocycles. The standard InChI is InChI=1S/C8H4F5IO2/c9-7(10)15-4-1-2-5(14)6(3-4)16-8(11,12)13/h1-3,7H. The molecule has 0 atom stereocenters. The number of rotatable bonds is 3. The van der Waals surface area contributed by atoms with Crippen molar-refractivity contribution in [1.29, 1.82) is 0 Å². The van der Waals surface area contributed by atoms with Gasteiger partial charge >= 0.3 is 13.0 Å². The summed E-state index contributed by atoms with van der Waals surface area (Å²) < 4.78 is 67.0. The molecule has 2 nitrogen and oxygen atoms in total. The molecule has 1 rings (SSSR count). The normalized spacial score (nSPS) is 11.7. The van der Waals surface area contributed by atoms with Crippen LogP contribution in [0.4, 0.5) is 22.0 Å². The average molecular weight is 354 g/mol. The average Bonchev–Trinajstić information content (AvgIpc) is 2.07. The zero-order valence-electron chi connectivity index (χ0n) is 7.39. The monoisotopic (exact) mass is 354 g/mol. The molecule has 90 valence electrons. The van der Waals surface area contributed by atoms with Gasteiger partial charge in [-0.1, -0.05) is 0 Å². The van der Waals surface area contributed by atoms with Crippen molar-refractivity contribution in [3.63, 3.8) is 0 Å². The number of halogens is 6. The fourth-order valence-electron chi connectivity index (χ4n) is 0.863. The second-order valence-corrected chi connectivity index (χ2v) is 3.68. The molecule has 1 aromatic carbocycles. The van der Waals surface area contributed by atoms with Crippen LogP contribution < -0.4 is 9.47 Å². The largest absolute Gasteiger partial charge is 0.573 e. The number of ether oxygens (including phenoxy) is 2. The maximum Gasteiger partial charge on any atom is 0.573 e. The predicted molar refractivity (Wildman–Crippen MR) is 52.5 cm³/mol. The second-order valence-electron chi connectivity index (χ2n) is 2.52. The summed E-state index contributed by atoms with van der Waals surface area (Å²) in [5.41, 5.74) is 0. The lowest BCUT2D eigenvalue weighted by Crippen LogP contribution is -2.18. The molecule has 1 aromatic rings. The highest BCUT2D eigenvalue weighted by Gasteiger charge is 2.32. The zero-order valence-corrected chi connectivity index (χ0v) is 9.55. The van der Waals surface area contributed by atoms with E-state index in [2.05, 4.69) is 9.47 Å². The van der Waals surface area contributed by atoms with Gasteiger partial charge in [0.05, 0.1) is 3.57 Å². The van der Waals surface area contributed by atoms with Crippen LogP contribution in [-0.4, -0.2) is 13.0 Å². The van der Waals surface area contributed by atoms with Crippen molar-refractivity contribution in [2.75, 3.05) is 0 Å². The Morgan fingerprint density at radius 1 is 1.19 bits per heavy atom. The van der Waals surface area contributed by atoms with E-state index in [1.54, 1.807) is 22.6 Å². The first-order valence-electron chi connectivity index (χ1n) is 3.78. The van der Waals surface area contributed by atoms with E-state index in [0.717, 1.165) is 12.1 Å². The molecule has 0 spiro atoms. The van der Waals surface area contributed by atoms with Gasteiger partial charge in [0.25, 0.3) is 0 Å². The van der Waals surface area contributed by atoms with Gasteiger partial charge in [0.2, 0.25) is 0 Å². The van der Waals surface area contributed by atoms with Gasteiger partial charge in [-0.25, -0.2) is 0 Å². The minimum atomic E-state index is -4.87. The van der Waals surface area contributed by atoms with Crippen molar-refractivity contribution in [2.24, 2.45) is 0 Å². The number of hydrogen-bond donors (Lipinski definition) is 0. The Hall–Kier alpha value is -0.800. The van der Waals surface area contributed by atoms with Crippen LogP contribution in [0.2, 0.25) is 0 Å². The molecule has 16 heavy (non-hydrogen) atoms. The predicted octanol–water partition coefficient (Wildman–Crippen LogP) is 3.79. The molecule has 0 fully saturated rings. The van der Waals surface area contributed by atoms with Crippen molar-refractivity contribution in [3.05, 3.63) is 21.8 Å². The van der Waals surface area contributed by atoms with Gasteiger partial charge in [-0.15, -0.1) is 13.2 Å². The first kappa shape index (κ1) is 13.3. The molecular formula is C8H4F5IO2. The molecule has 0 amide bonds. The number of benzene rings is 1. The van der Waals surface area contributed by atoms with E-state index >= 15 is 0 Å². The third kappa shape index (κ3) is 4.37. The quantitative estimate of drug-likeness (QED) is 0.608. The van der Waals surface area contributed by atoms with Crippen molar-refractivity contribution in [1.82, 2.24) is 0 Å². The summed E-state index contributed by atoms with van der Waals surface area (Å²) in [4.78, 5) is 0. The molecular weight excluding hydrogens is 350 g/mol. The Kier molecular flexibility index (Phi) is 4.16. The Labute approximate surface area is 100 Å². The lowest BCUT2D eigenvalue weighted by molar-refractivity contribution is -0.275. The molecule has 0 aliphatic rings. The first-order chi connectivity index (χ1) is 7.28. The third-order valence-electron chi connectivity index (χ3n) is 1.35. The third-order valence-corrected chi connectivity index (χ3v) is 2.24. The first-order valence-corrected chi connectivity index (χ1v) is 4.86. The van der Waals surface area contributed by atoms with E-state index in [1.165, 1.54) is 6.07 Å². The SMILES string of the molecule is FC(F)Oc1ccc(I)c(OC(F)(F)F)c1. The molecule has 0 bridgehead atoms. The summed E-state index contributed by atoms with van der Waals surface area (Å²) in [5, 5.41) is 0. The van der Waals surface area contributed by atoms with Crippen LogP contribution in [0.15, 0.2) is 18.2 Å². The molecule has 8 heteroatoms. The van der Waals surface area contributed by atoms with E-state index < -0.39 is 24.5 Å². The van der Waals surface area contributed by atoms with E-state index in [4.69, 9.17) is 0 Å². The van der Waals surface area contributed by atoms with E-state index in [-0.39, 0.29) is 3.57 Å². The highest BCUT2D eigenvalue weighted by atomic mass is 127. The summed E-state index contributed by atoms with van der Waals surface area (Å²) in [6, 6.07) is 3.05. The highest BCUT2D eigenvalue weighted by Crippen LogP contribution is 2.31. The van der Waals surface area contributed by atoms with Gasteiger partial charge in [0, 0.05) is 6.07 Å². The Bertz CT molecular complexity index is 366. The summed E-state index contributed by atoms with van der Waals surface area (Å²) in [6.07, 6.45) is -4.87. The lowest BCUT2D eigenvalue weighted by Gasteiger charge is -2.12. The number of hydrogen-bond acceptors (Lipinski definition) is 2. The molecule has 0 aromatic heterocycles. The van der Waals surface area contributed by atoms with Gasteiger partial charge in [-0.3, -0.25) is 0 Å². The van der Waals surface area contributed by atoms with Crippen LogP contribution in [-0.2, 0) is 0 Å². The summed E-state index contributed by atoms with van der Waals surface area (Å²) in [6.45, 7) is -3.10. The summed E-state index contributed by atoms with van der Waals surface area (Å²) in [5.74, 6) is -0.971. The smallest absolute Gasteiger partial charge is 0.435 e. The van der Waals surface area contributed by atoms with Crippen LogP contribution in [0.25, 0.3) is 0 Å². The van der Waals surface area contributed by atoms with Gasteiger partial charge in [0.1, 0.15) is 11.5 Å². The van der Waals surface area contributed by atoms with Crippen molar-refractivity contribution >= 4 is 22.6 Å². The zero-order chi connectivity index (χ0) is 12.3. The maximum atomic E-state index is 11.9. The van der Waals surface area contributed by atoms with E-state index in [1.807, 2.05) is 0 Å². The van der Waals surface area contributed by atoms with E-state index in [9.17, 15) is 22.0 Å². The van der Waals surface area contributed by atoms with Crippen molar-refractivity contribution in [2.45, 2.75) is 13.0 Å². The van der Waals surface area contributed by atoms with Gasteiger partial charge in [-0.05, 0) is 34.7 Å². The Balaban J connectivity index is 2.90. The number of alkyl halides is 5. The summed E-state index contributed by atoms with van der Waals surface area (Å²) in [7, 11) is 0. The second kappa shape index (κ2) is 5.02. The van der Waals surface area contributed by atoms with Gasteiger partial charge < -0.3 is 9.47 Å². The molecule has 0 aliphatic heterocycles. The van der Waals surface area contributed by atoms with E-state index in [0.29, 0.717) is 0 Å². The van der Waals surface area contributed by atoms with Gasteiger partial charge in [-0.2, -0.15) is 8.78 Å². The molecule has 0 aliphatic carbocycles. The molecule has 0 saturated carbocycles. The van der Waals surface area contributed by atoms with Gasteiger partial charge in [0.15, 0.2) is 0 Å². The lowest BCUT2D eigenvalue weighted by atomic mass is 10.3. The van der Waals surface area contributed by atoms with Crippen LogP contribution in [0.3, 0.4) is 0 Å². The summed E-state index contributed by atoms with van der Waals surface area (Å²) >= 11 is 1.58. The highest BCUT2D eigenvalue weighted by molar-refractivity contribution is 14.1. The van der Waals surface area contributed by atoms with Crippen LogP contribution in [0.5, 0.6) is 11.5 Å². The Morgan fingerprint density at radius 2 is 1.81 bits per heavy atom. The molecule has 0 N–H and O–H groups in total. The Morgan fingerprint density at radius 3 is 2.31 bits per heavy atom. The van der Waals surface area contributed by atoms with Crippen LogP contribution in [0, 0.1) is 3.57 Å². The van der Waals surface area contributed by atoms with Crippen LogP contribution in [0.1, 0.15) is 0 Å². The molecule has 0 unspecified atom stereocenters. The van der Waals surface area contributed by atoms with Crippen LogP contribution >= 0.6 is 22.6 Å². The fraction of sp³-hybridized carbons (Fsp3) is 0.250. The molecule has 0 radical (unpaired) electrons. The molecule has 0 saturated heterocycles.